The molecule has 0 radical (unpaired) electrons. The standard InChI is InChI=1S/C20H16F2N2O4S/c21-14-1-5-16(6-2-14)23-20(25)13-28-18-9-11-19(12-10-18)29(26,27)24-17-7-3-15(22)4-8-17/h1-12,24H,13H2,(H,23,25). The van der Waals surface area contributed by atoms with Gasteiger partial charge in [0, 0.05) is 11.4 Å². The van der Waals surface area contributed by atoms with Gasteiger partial charge in [-0.05, 0) is 72.8 Å². The molecule has 0 aromatic heterocycles. The summed E-state index contributed by atoms with van der Waals surface area (Å²) in [5.74, 6) is -1.05. The van der Waals surface area contributed by atoms with Crippen LogP contribution < -0.4 is 14.8 Å². The number of ether oxygens (including phenoxy) is 1. The first-order chi connectivity index (χ1) is 13.8. The highest BCUT2D eigenvalue weighted by atomic mass is 32.2. The summed E-state index contributed by atoms with van der Waals surface area (Å²) < 4.78 is 58.1. The summed E-state index contributed by atoms with van der Waals surface area (Å²) in [5.41, 5.74) is 0.650. The Labute approximate surface area is 166 Å². The predicted octanol–water partition coefficient (Wildman–Crippen LogP) is 3.78. The molecular formula is C20H16F2N2O4S. The van der Waals surface area contributed by atoms with E-state index >= 15 is 0 Å². The maximum absolute atomic E-state index is 12.9. The fourth-order valence-corrected chi connectivity index (χ4v) is 3.38. The predicted molar refractivity (Wildman–Crippen MR) is 104 cm³/mol. The largest absolute Gasteiger partial charge is 0.484 e. The zero-order valence-electron chi connectivity index (χ0n) is 14.9. The van der Waals surface area contributed by atoms with Gasteiger partial charge in [0.1, 0.15) is 17.4 Å². The van der Waals surface area contributed by atoms with Crippen LogP contribution in [0.15, 0.2) is 77.7 Å². The Kier molecular flexibility index (Phi) is 6.08. The number of sulfonamides is 1. The van der Waals surface area contributed by atoms with E-state index in [0.717, 1.165) is 12.1 Å². The minimum atomic E-state index is -3.86. The molecule has 0 spiro atoms. The number of anilines is 2. The van der Waals surface area contributed by atoms with Crippen LogP contribution in [0.1, 0.15) is 0 Å². The first-order valence-corrected chi connectivity index (χ1v) is 9.87. The summed E-state index contributed by atoms with van der Waals surface area (Å²) in [5, 5.41) is 2.54. The van der Waals surface area contributed by atoms with Crippen LogP contribution in [0.4, 0.5) is 20.2 Å². The molecule has 0 atom stereocenters. The van der Waals surface area contributed by atoms with Crippen LogP contribution in [0.25, 0.3) is 0 Å². The highest BCUT2D eigenvalue weighted by molar-refractivity contribution is 7.92. The third-order valence-corrected chi connectivity index (χ3v) is 5.13. The number of rotatable bonds is 7. The van der Waals surface area contributed by atoms with Crippen LogP contribution in [0.2, 0.25) is 0 Å². The average molecular weight is 418 g/mol. The molecule has 29 heavy (non-hydrogen) atoms. The van der Waals surface area contributed by atoms with E-state index in [-0.39, 0.29) is 17.2 Å². The highest BCUT2D eigenvalue weighted by Gasteiger charge is 2.14. The van der Waals surface area contributed by atoms with Gasteiger partial charge in [-0.1, -0.05) is 0 Å². The van der Waals surface area contributed by atoms with Crippen LogP contribution in [0, 0.1) is 11.6 Å². The molecule has 3 rings (SSSR count). The van der Waals surface area contributed by atoms with E-state index in [1.165, 1.54) is 60.7 Å². The minimum absolute atomic E-state index is 0.0232. The molecule has 0 aliphatic rings. The monoisotopic (exact) mass is 418 g/mol. The Hall–Kier alpha value is -3.46. The van der Waals surface area contributed by atoms with Gasteiger partial charge in [-0.25, -0.2) is 17.2 Å². The van der Waals surface area contributed by atoms with Gasteiger partial charge >= 0.3 is 0 Å². The Bertz CT molecular complexity index is 1080. The molecular weight excluding hydrogens is 402 g/mol. The molecule has 6 nitrogen and oxygen atoms in total. The molecule has 0 heterocycles. The normalized spacial score (nSPS) is 11.0. The van der Waals surface area contributed by atoms with Crippen LogP contribution in [-0.4, -0.2) is 20.9 Å². The maximum atomic E-state index is 12.9. The SMILES string of the molecule is O=C(COc1ccc(S(=O)(=O)Nc2ccc(F)cc2)cc1)Nc1ccc(F)cc1. The van der Waals surface area contributed by atoms with E-state index in [4.69, 9.17) is 4.74 Å². The van der Waals surface area contributed by atoms with Crippen LogP contribution in [0.3, 0.4) is 0 Å². The van der Waals surface area contributed by atoms with Gasteiger partial charge in [-0.2, -0.15) is 0 Å². The number of amides is 1. The van der Waals surface area contributed by atoms with Crippen molar-refractivity contribution < 1.29 is 26.7 Å². The van der Waals surface area contributed by atoms with Crippen molar-refractivity contribution >= 4 is 27.3 Å². The van der Waals surface area contributed by atoms with Gasteiger partial charge in [0.05, 0.1) is 4.90 Å². The number of halogens is 2. The lowest BCUT2D eigenvalue weighted by Crippen LogP contribution is -2.20. The Morgan fingerprint density at radius 3 is 1.86 bits per heavy atom. The zero-order valence-corrected chi connectivity index (χ0v) is 15.7. The Morgan fingerprint density at radius 2 is 1.31 bits per heavy atom. The first kappa shape index (κ1) is 20.3. The van der Waals surface area contributed by atoms with Gasteiger partial charge in [-0.3, -0.25) is 9.52 Å². The summed E-state index contributed by atoms with van der Waals surface area (Å²) in [6, 6.07) is 15.6. The molecule has 2 N–H and O–H groups in total. The lowest BCUT2D eigenvalue weighted by Gasteiger charge is -2.10. The Morgan fingerprint density at radius 1 is 0.793 bits per heavy atom. The van der Waals surface area contributed by atoms with Crippen molar-refractivity contribution in [2.45, 2.75) is 4.90 Å². The lowest BCUT2D eigenvalue weighted by molar-refractivity contribution is -0.118. The summed E-state index contributed by atoms with van der Waals surface area (Å²) in [6.45, 7) is -0.308. The van der Waals surface area contributed by atoms with Gasteiger partial charge in [0.2, 0.25) is 0 Å². The molecule has 0 fully saturated rings. The number of hydrogen-bond acceptors (Lipinski definition) is 4. The molecule has 0 aliphatic carbocycles. The van der Waals surface area contributed by atoms with E-state index in [9.17, 15) is 22.0 Å². The summed E-state index contributed by atoms with van der Waals surface area (Å²) in [4.78, 5) is 11.8. The van der Waals surface area contributed by atoms with Gasteiger partial charge in [0.15, 0.2) is 6.61 Å². The molecule has 0 unspecified atom stereocenters. The minimum Gasteiger partial charge on any atom is -0.484 e. The average Bonchev–Trinajstić information content (AvgIpc) is 2.70. The third kappa shape index (κ3) is 5.76. The fourth-order valence-electron chi connectivity index (χ4n) is 2.33. The van der Waals surface area contributed by atoms with Crippen LogP contribution >= 0.6 is 0 Å². The zero-order chi connectivity index (χ0) is 20.9. The van der Waals surface area contributed by atoms with Crippen LogP contribution in [-0.2, 0) is 14.8 Å². The van der Waals surface area contributed by atoms with E-state index in [2.05, 4.69) is 10.0 Å². The van der Waals surface area contributed by atoms with Crippen molar-refractivity contribution in [3.05, 3.63) is 84.4 Å². The van der Waals surface area contributed by atoms with Crippen molar-refractivity contribution in [1.29, 1.82) is 0 Å². The van der Waals surface area contributed by atoms with Gasteiger partial charge in [0.25, 0.3) is 15.9 Å². The molecule has 150 valence electrons. The third-order valence-electron chi connectivity index (χ3n) is 3.73. The number of carbonyl (C=O) groups is 1. The summed E-state index contributed by atoms with van der Waals surface area (Å²) in [6.07, 6.45) is 0. The van der Waals surface area contributed by atoms with E-state index < -0.39 is 27.6 Å². The molecule has 3 aromatic rings. The van der Waals surface area contributed by atoms with Crippen molar-refractivity contribution in [3.63, 3.8) is 0 Å². The number of hydrogen-bond donors (Lipinski definition) is 2. The van der Waals surface area contributed by atoms with Gasteiger partial charge < -0.3 is 10.1 Å². The van der Waals surface area contributed by atoms with Crippen molar-refractivity contribution in [2.75, 3.05) is 16.6 Å². The molecule has 0 saturated heterocycles. The molecule has 3 aromatic carbocycles. The lowest BCUT2D eigenvalue weighted by atomic mass is 10.3. The number of carbonyl (C=O) groups excluding carboxylic acids is 1. The van der Waals surface area contributed by atoms with Crippen molar-refractivity contribution in [1.82, 2.24) is 0 Å². The van der Waals surface area contributed by atoms with Crippen LogP contribution in [0.5, 0.6) is 5.75 Å². The van der Waals surface area contributed by atoms with E-state index in [1.807, 2.05) is 0 Å². The molecule has 0 aliphatic heterocycles. The van der Waals surface area contributed by atoms with E-state index in [1.54, 1.807) is 0 Å². The summed E-state index contributed by atoms with van der Waals surface area (Å²) in [7, 11) is -3.86. The van der Waals surface area contributed by atoms with E-state index in [0.29, 0.717) is 11.4 Å². The molecule has 9 heteroatoms. The van der Waals surface area contributed by atoms with Crippen molar-refractivity contribution in [2.24, 2.45) is 0 Å². The number of benzene rings is 3. The van der Waals surface area contributed by atoms with Crippen molar-refractivity contribution in [3.8, 4) is 5.75 Å². The second kappa shape index (κ2) is 8.70. The first-order valence-electron chi connectivity index (χ1n) is 8.38. The highest BCUT2D eigenvalue weighted by Crippen LogP contribution is 2.19. The second-order valence-corrected chi connectivity index (χ2v) is 7.61. The summed E-state index contributed by atoms with van der Waals surface area (Å²) >= 11 is 0. The molecule has 1 amide bonds. The number of nitrogens with one attached hydrogen (secondary N) is 2. The maximum Gasteiger partial charge on any atom is 0.262 e. The topological polar surface area (TPSA) is 84.5 Å². The smallest absolute Gasteiger partial charge is 0.262 e. The fraction of sp³-hybridized carbons (Fsp3) is 0.0500. The second-order valence-electron chi connectivity index (χ2n) is 5.93. The quantitative estimate of drug-likeness (QED) is 0.612. The Balaban J connectivity index is 1.57. The molecule has 0 saturated carbocycles. The van der Waals surface area contributed by atoms with Gasteiger partial charge in [-0.15, -0.1) is 0 Å². The molecule has 0 bridgehead atoms.